The van der Waals surface area contributed by atoms with Crippen molar-refractivity contribution in [3.8, 4) is 0 Å². The number of aliphatic carboxylic acids is 2. The van der Waals surface area contributed by atoms with Gasteiger partial charge < -0.3 is 10.2 Å². The van der Waals surface area contributed by atoms with Crippen LogP contribution in [0.3, 0.4) is 0 Å². The van der Waals surface area contributed by atoms with E-state index in [0.29, 0.717) is 0 Å². The van der Waals surface area contributed by atoms with Crippen molar-refractivity contribution < 1.29 is 19.8 Å². The van der Waals surface area contributed by atoms with Gasteiger partial charge in [-0.2, -0.15) is 0 Å². The van der Waals surface area contributed by atoms with Gasteiger partial charge in [-0.3, -0.25) is 9.59 Å². The van der Waals surface area contributed by atoms with Gasteiger partial charge in [-0.05, 0) is 22.3 Å². The van der Waals surface area contributed by atoms with Crippen LogP contribution in [0.25, 0.3) is 0 Å². The van der Waals surface area contributed by atoms with Crippen molar-refractivity contribution in [2.75, 3.05) is 0 Å². The van der Waals surface area contributed by atoms with E-state index in [-0.39, 0.29) is 12.8 Å². The second kappa shape index (κ2) is 6.65. The van der Waals surface area contributed by atoms with Gasteiger partial charge in [0.15, 0.2) is 0 Å². The fourth-order valence-corrected chi connectivity index (χ4v) is 3.04. The van der Waals surface area contributed by atoms with Crippen molar-refractivity contribution in [2.45, 2.75) is 32.1 Å². The number of benzene rings is 2. The molecule has 2 N–H and O–H groups in total. The van der Waals surface area contributed by atoms with Crippen molar-refractivity contribution in [1.29, 1.82) is 0 Å². The van der Waals surface area contributed by atoms with Crippen molar-refractivity contribution in [1.82, 2.24) is 0 Å². The van der Waals surface area contributed by atoms with E-state index in [0.717, 1.165) is 22.3 Å². The summed E-state index contributed by atoms with van der Waals surface area (Å²) >= 11 is 0. The summed E-state index contributed by atoms with van der Waals surface area (Å²) in [6.45, 7) is 3.99. The highest BCUT2D eigenvalue weighted by Gasteiger charge is 2.28. The molecule has 2 aromatic rings. The fourth-order valence-electron chi connectivity index (χ4n) is 3.04. The molecule has 0 amide bonds. The van der Waals surface area contributed by atoms with Crippen LogP contribution >= 0.6 is 0 Å². The first-order valence-corrected chi connectivity index (χ1v) is 7.42. The van der Waals surface area contributed by atoms with E-state index in [9.17, 15) is 9.59 Å². The highest BCUT2D eigenvalue weighted by atomic mass is 16.4. The maximum absolute atomic E-state index is 11.1. The molecule has 0 aliphatic heterocycles. The van der Waals surface area contributed by atoms with Crippen LogP contribution in [-0.2, 0) is 27.8 Å². The van der Waals surface area contributed by atoms with Gasteiger partial charge in [0.25, 0.3) is 0 Å². The summed E-state index contributed by atoms with van der Waals surface area (Å²) in [5.74, 6) is -1.76. The molecule has 2 aromatic carbocycles. The van der Waals surface area contributed by atoms with Crippen LogP contribution in [0.4, 0.5) is 0 Å². The van der Waals surface area contributed by atoms with E-state index >= 15 is 0 Å². The van der Waals surface area contributed by atoms with Crippen LogP contribution in [-0.4, -0.2) is 22.2 Å². The van der Waals surface area contributed by atoms with Crippen LogP contribution < -0.4 is 0 Å². The molecule has 0 saturated carbocycles. The molecule has 0 fully saturated rings. The lowest BCUT2D eigenvalue weighted by atomic mass is 9.73. The molecule has 0 aromatic heterocycles. The van der Waals surface area contributed by atoms with E-state index in [1.807, 2.05) is 62.4 Å². The Balaban J connectivity index is 2.55. The second-order valence-electron chi connectivity index (χ2n) is 6.08. The molecule has 4 nitrogen and oxygen atoms in total. The van der Waals surface area contributed by atoms with Gasteiger partial charge in [0.2, 0.25) is 0 Å². The smallest absolute Gasteiger partial charge is 0.307 e. The SMILES string of the molecule is CC(C)(c1ccccc1CC(=O)O)c1ccccc1CC(=O)O. The average molecular weight is 312 g/mol. The molecule has 0 spiro atoms. The number of carboxylic acids is 2. The van der Waals surface area contributed by atoms with E-state index < -0.39 is 17.4 Å². The summed E-state index contributed by atoms with van der Waals surface area (Å²) in [6.07, 6.45) is -0.110. The van der Waals surface area contributed by atoms with Gasteiger partial charge in [-0.25, -0.2) is 0 Å². The third-order valence-corrected chi connectivity index (χ3v) is 4.06. The first-order chi connectivity index (χ1) is 10.8. The summed E-state index contributed by atoms with van der Waals surface area (Å²) in [6, 6.07) is 14.8. The van der Waals surface area contributed by atoms with Gasteiger partial charge in [0, 0.05) is 5.41 Å². The Kier molecular flexibility index (Phi) is 4.84. The van der Waals surface area contributed by atoms with Crippen LogP contribution in [0.15, 0.2) is 48.5 Å². The Morgan fingerprint density at radius 1 is 0.783 bits per heavy atom. The Labute approximate surface area is 135 Å². The van der Waals surface area contributed by atoms with Gasteiger partial charge in [-0.15, -0.1) is 0 Å². The van der Waals surface area contributed by atoms with E-state index in [2.05, 4.69) is 0 Å². The molecular weight excluding hydrogens is 292 g/mol. The number of carboxylic acid groups (broad SMARTS) is 2. The van der Waals surface area contributed by atoms with Crippen LogP contribution in [0.1, 0.15) is 36.1 Å². The maximum Gasteiger partial charge on any atom is 0.307 e. The van der Waals surface area contributed by atoms with E-state index in [1.165, 1.54) is 0 Å². The molecular formula is C19H20O4. The second-order valence-corrected chi connectivity index (χ2v) is 6.08. The van der Waals surface area contributed by atoms with Crippen molar-refractivity contribution in [2.24, 2.45) is 0 Å². The minimum Gasteiger partial charge on any atom is -0.481 e. The molecule has 0 unspecified atom stereocenters. The van der Waals surface area contributed by atoms with Crippen molar-refractivity contribution in [3.63, 3.8) is 0 Å². The lowest BCUT2D eigenvalue weighted by Gasteiger charge is -2.30. The van der Waals surface area contributed by atoms with E-state index in [4.69, 9.17) is 10.2 Å². The summed E-state index contributed by atoms with van der Waals surface area (Å²) in [5.41, 5.74) is 2.81. The van der Waals surface area contributed by atoms with Crippen LogP contribution in [0, 0.1) is 0 Å². The molecule has 0 aliphatic carbocycles. The topological polar surface area (TPSA) is 74.6 Å². The highest BCUT2D eigenvalue weighted by Crippen LogP contribution is 2.36. The minimum absolute atomic E-state index is 0.0549. The predicted molar refractivity (Wildman–Crippen MR) is 87.7 cm³/mol. The summed E-state index contributed by atoms with van der Waals surface area (Å²) in [5, 5.41) is 18.2. The molecule has 0 bridgehead atoms. The molecule has 0 radical (unpaired) electrons. The maximum atomic E-state index is 11.1. The summed E-state index contributed by atoms with van der Waals surface area (Å²) in [7, 11) is 0. The zero-order valence-corrected chi connectivity index (χ0v) is 13.2. The quantitative estimate of drug-likeness (QED) is 0.858. The zero-order chi connectivity index (χ0) is 17.0. The van der Waals surface area contributed by atoms with Gasteiger partial charge in [0.05, 0.1) is 12.8 Å². The minimum atomic E-state index is -0.882. The highest BCUT2D eigenvalue weighted by molar-refractivity contribution is 5.72. The number of carbonyl (C=O) groups is 2. The molecule has 120 valence electrons. The third-order valence-electron chi connectivity index (χ3n) is 4.06. The van der Waals surface area contributed by atoms with Gasteiger partial charge >= 0.3 is 11.9 Å². The molecule has 2 rings (SSSR count). The van der Waals surface area contributed by atoms with E-state index in [1.54, 1.807) is 0 Å². The number of rotatable bonds is 6. The third kappa shape index (κ3) is 3.77. The zero-order valence-electron chi connectivity index (χ0n) is 13.2. The molecule has 0 atom stereocenters. The largest absolute Gasteiger partial charge is 0.481 e. The van der Waals surface area contributed by atoms with Crippen molar-refractivity contribution >= 4 is 11.9 Å². The number of hydrogen-bond acceptors (Lipinski definition) is 2. The average Bonchev–Trinajstić information content (AvgIpc) is 2.46. The molecule has 23 heavy (non-hydrogen) atoms. The monoisotopic (exact) mass is 312 g/mol. The van der Waals surface area contributed by atoms with Gasteiger partial charge in [0.1, 0.15) is 0 Å². The normalized spacial score (nSPS) is 11.2. The standard InChI is InChI=1S/C19H20O4/c1-19(2,15-9-5-3-7-13(15)11-17(20)21)16-10-6-4-8-14(16)12-18(22)23/h3-10H,11-12H2,1-2H3,(H,20,21)(H,22,23). The first kappa shape index (κ1) is 16.7. The van der Waals surface area contributed by atoms with Crippen LogP contribution in [0.2, 0.25) is 0 Å². The lowest BCUT2D eigenvalue weighted by Crippen LogP contribution is -2.24. The van der Waals surface area contributed by atoms with Crippen molar-refractivity contribution in [3.05, 3.63) is 70.8 Å². The molecule has 0 saturated heterocycles. The van der Waals surface area contributed by atoms with Crippen LogP contribution in [0.5, 0.6) is 0 Å². The number of hydrogen-bond donors (Lipinski definition) is 2. The van der Waals surface area contributed by atoms with Gasteiger partial charge in [-0.1, -0.05) is 62.4 Å². The summed E-state index contributed by atoms with van der Waals surface area (Å²) < 4.78 is 0. The molecule has 4 heteroatoms. The summed E-state index contributed by atoms with van der Waals surface area (Å²) in [4.78, 5) is 22.2. The predicted octanol–water partition coefficient (Wildman–Crippen LogP) is 3.27. The Bertz CT molecular complexity index is 670. The molecule has 0 aliphatic rings. The fraction of sp³-hybridized carbons (Fsp3) is 0.263. The Morgan fingerprint density at radius 3 is 1.48 bits per heavy atom. The Morgan fingerprint density at radius 2 is 1.13 bits per heavy atom. The molecule has 0 heterocycles. The Hall–Kier alpha value is -2.62. The lowest BCUT2D eigenvalue weighted by molar-refractivity contribution is -0.137. The first-order valence-electron chi connectivity index (χ1n) is 7.42.